The number of pyridine rings is 1. The Labute approximate surface area is 102 Å². The highest BCUT2D eigenvalue weighted by molar-refractivity contribution is 6.07. The highest BCUT2D eigenvalue weighted by Gasteiger charge is 2.15. The van der Waals surface area contributed by atoms with E-state index in [9.17, 15) is 9.59 Å². The number of amides is 1. The predicted octanol–water partition coefficient (Wildman–Crippen LogP) is 1.93. The van der Waals surface area contributed by atoms with Gasteiger partial charge in [0.1, 0.15) is 5.76 Å². The van der Waals surface area contributed by atoms with Crippen molar-refractivity contribution in [2.75, 3.05) is 5.32 Å². The molecule has 0 spiro atoms. The molecule has 0 aliphatic carbocycles. The highest BCUT2D eigenvalue weighted by atomic mass is 16.4. The molecule has 1 amide bonds. The number of rotatable bonds is 3. The third kappa shape index (κ3) is 2.22. The molecule has 0 unspecified atom stereocenters. The van der Waals surface area contributed by atoms with Gasteiger partial charge in [0.15, 0.2) is 0 Å². The molecule has 6 heteroatoms. The summed E-state index contributed by atoms with van der Waals surface area (Å²) in [5, 5.41) is 11.5. The SMILES string of the molecule is Cc1occc1C(=O)Nc1cnccc1C(=O)O. The third-order valence-corrected chi connectivity index (χ3v) is 2.40. The summed E-state index contributed by atoms with van der Waals surface area (Å²) in [5.74, 6) is -1.10. The van der Waals surface area contributed by atoms with Crippen LogP contribution in [0.25, 0.3) is 0 Å². The van der Waals surface area contributed by atoms with E-state index >= 15 is 0 Å². The van der Waals surface area contributed by atoms with Gasteiger partial charge in [-0.1, -0.05) is 0 Å². The molecule has 2 heterocycles. The molecule has 2 rings (SSSR count). The molecule has 0 aliphatic rings. The third-order valence-electron chi connectivity index (χ3n) is 2.40. The molecule has 0 saturated carbocycles. The summed E-state index contributed by atoms with van der Waals surface area (Å²) in [5.41, 5.74) is 0.491. The summed E-state index contributed by atoms with van der Waals surface area (Å²) in [7, 11) is 0. The topological polar surface area (TPSA) is 92.4 Å². The first-order chi connectivity index (χ1) is 8.59. The summed E-state index contributed by atoms with van der Waals surface area (Å²) in [6, 6.07) is 2.83. The maximum atomic E-state index is 11.9. The zero-order valence-corrected chi connectivity index (χ0v) is 9.51. The lowest BCUT2D eigenvalue weighted by atomic mass is 10.2. The predicted molar refractivity (Wildman–Crippen MR) is 62.6 cm³/mol. The fourth-order valence-corrected chi connectivity index (χ4v) is 1.49. The lowest BCUT2D eigenvalue weighted by Crippen LogP contribution is -2.15. The quantitative estimate of drug-likeness (QED) is 0.863. The van der Waals surface area contributed by atoms with Crippen molar-refractivity contribution in [3.8, 4) is 0 Å². The summed E-state index contributed by atoms with van der Waals surface area (Å²) < 4.78 is 5.01. The van der Waals surface area contributed by atoms with Crippen LogP contribution in [0.15, 0.2) is 35.2 Å². The van der Waals surface area contributed by atoms with Gasteiger partial charge in [-0.05, 0) is 19.1 Å². The van der Waals surface area contributed by atoms with Crippen molar-refractivity contribution in [1.82, 2.24) is 4.98 Å². The molecule has 0 atom stereocenters. The van der Waals surface area contributed by atoms with E-state index in [4.69, 9.17) is 9.52 Å². The van der Waals surface area contributed by atoms with Crippen molar-refractivity contribution in [2.24, 2.45) is 0 Å². The van der Waals surface area contributed by atoms with Gasteiger partial charge in [0, 0.05) is 6.20 Å². The minimum absolute atomic E-state index is 0.0144. The fraction of sp³-hybridized carbons (Fsp3) is 0.0833. The minimum atomic E-state index is -1.13. The number of aryl methyl sites for hydroxylation is 1. The first kappa shape index (κ1) is 11.8. The van der Waals surface area contributed by atoms with E-state index in [2.05, 4.69) is 10.3 Å². The van der Waals surface area contributed by atoms with Gasteiger partial charge >= 0.3 is 5.97 Å². The summed E-state index contributed by atoms with van der Waals surface area (Å²) in [6.45, 7) is 1.65. The van der Waals surface area contributed by atoms with Crippen molar-refractivity contribution in [3.05, 3.63) is 47.7 Å². The molecule has 2 aromatic rings. The van der Waals surface area contributed by atoms with Crippen molar-refractivity contribution < 1.29 is 19.1 Å². The van der Waals surface area contributed by atoms with Gasteiger partial charge in [-0.2, -0.15) is 0 Å². The Hall–Kier alpha value is -2.63. The van der Waals surface area contributed by atoms with E-state index in [1.54, 1.807) is 6.92 Å². The number of carbonyl (C=O) groups excluding carboxylic acids is 1. The number of carbonyl (C=O) groups is 2. The number of hydrogen-bond donors (Lipinski definition) is 2. The van der Waals surface area contributed by atoms with Gasteiger partial charge in [0.25, 0.3) is 5.91 Å². The second-order valence-electron chi connectivity index (χ2n) is 3.57. The second-order valence-corrected chi connectivity index (χ2v) is 3.57. The van der Waals surface area contributed by atoms with Crippen molar-refractivity contribution >= 4 is 17.6 Å². The monoisotopic (exact) mass is 246 g/mol. The average molecular weight is 246 g/mol. The number of aromatic nitrogens is 1. The Morgan fingerprint density at radius 1 is 1.33 bits per heavy atom. The zero-order chi connectivity index (χ0) is 13.1. The molecule has 92 valence electrons. The minimum Gasteiger partial charge on any atom is -0.478 e. The summed E-state index contributed by atoms with van der Waals surface area (Å²) in [6.07, 6.45) is 4.03. The number of nitrogens with zero attached hydrogens (tertiary/aromatic N) is 1. The second kappa shape index (κ2) is 4.70. The number of nitrogens with one attached hydrogen (secondary N) is 1. The van der Waals surface area contributed by atoms with Gasteiger partial charge < -0.3 is 14.8 Å². The van der Waals surface area contributed by atoms with Gasteiger partial charge in [-0.15, -0.1) is 0 Å². The molecule has 0 aromatic carbocycles. The summed E-state index contributed by atoms with van der Waals surface area (Å²) >= 11 is 0. The van der Waals surface area contributed by atoms with E-state index < -0.39 is 11.9 Å². The maximum absolute atomic E-state index is 11.9. The lowest BCUT2D eigenvalue weighted by molar-refractivity contribution is 0.0698. The Morgan fingerprint density at radius 2 is 2.11 bits per heavy atom. The maximum Gasteiger partial charge on any atom is 0.337 e. The molecule has 0 aliphatic heterocycles. The largest absolute Gasteiger partial charge is 0.478 e. The first-order valence-electron chi connectivity index (χ1n) is 5.12. The number of carboxylic acid groups (broad SMARTS) is 1. The lowest BCUT2D eigenvalue weighted by Gasteiger charge is -2.06. The van der Waals surface area contributed by atoms with Crippen LogP contribution in [0.4, 0.5) is 5.69 Å². The molecular weight excluding hydrogens is 236 g/mol. The smallest absolute Gasteiger partial charge is 0.337 e. The van der Waals surface area contributed by atoms with Crippen LogP contribution in [0.5, 0.6) is 0 Å². The van der Waals surface area contributed by atoms with Crippen LogP contribution in [0, 0.1) is 6.92 Å². The van der Waals surface area contributed by atoms with Gasteiger partial charge in [0.05, 0.1) is 29.3 Å². The van der Waals surface area contributed by atoms with Crippen LogP contribution in [0.2, 0.25) is 0 Å². The molecule has 18 heavy (non-hydrogen) atoms. The number of furan rings is 1. The van der Waals surface area contributed by atoms with Crippen molar-refractivity contribution in [1.29, 1.82) is 0 Å². The number of anilines is 1. The Morgan fingerprint density at radius 3 is 2.72 bits per heavy atom. The molecule has 6 nitrogen and oxygen atoms in total. The number of hydrogen-bond acceptors (Lipinski definition) is 4. The highest BCUT2D eigenvalue weighted by Crippen LogP contribution is 2.16. The van der Waals surface area contributed by atoms with Gasteiger partial charge in [-0.25, -0.2) is 4.79 Å². The van der Waals surface area contributed by atoms with Gasteiger partial charge in [0.2, 0.25) is 0 Å². The molecule has 0 bridgehead atoms. The van der Waals surface area contributed by atoms with Crippen LogP contribution in [0.3, 0.4) is 0 Å². The normalized spacial score (nSPS) is 10.1. The Bertz CT molecular complexity index is 604. The van der Waals surface area contributed by atoms with Crippen LogP contribution in [-0.2, 0) is 0 Å². The molecule has 2 N–H and O–H groups in total. The standard InChI is InChI=1S/C12H10N2O4/c1-7-8(3-5-18-7)11(15)14-10-6-13-4-2-9(10)12(16)17/h2-6H,1H3,(H,14,15)(H,16,17). The molecule has 0 saturated heterocycles. The summed E-state index contributed by atoms with van der Waals surface area (Å²) in [4.78, 5) is 26.6. The van der Waals surface area contributed by atoms with E-state index in [-0.39, 0.29) is 11.3 Å². The van der Waals surface area contributed by atoms with Crippen LogP contribution in [-0.4, -0.2) is 22.0 Å². The molecule has 0 radical (unpaired) electrons. The van der Waals surface area contributed by atoms with Crippen LogP contribution >= 0.6 is 0 Å². The number of carboxylic acids is 1. The number of aromatic carboxylic acids is 1. The van der Waals surface area contributed by atoms with Crippen molar-refractivity contribution in [2.45, 2.75) is 6.92 Å². The van der Waals surface area contributed by atoms with Crippen LogP contribution < -0.4 is 5.32 Å². The van der Waals surface area contributed by atoms with E-state index in [0.717, 1.165) is 0 Å². The van der Waals surface area contributed by atoms with Crippen LogP contribution in [0.1, 0.15) is 26.5 Å². The van der Waals surface area contributed by atoms with Gasteiger partial charge in [-0.3, -0.25) is 9.78 Å². The molecule has 0 fully saturated rings. The van der Waals surface area contributed by atoms with E-state index in [1.807, 2.05) is 0 Å². The average Bonchev–Trinajstić information content (AvgIpc) is 2.76. The fourth-order valence-electron chi connectivity index (χ4n) is 1.49. The molecular formula is C12H10N2O4. The Kier molecular flexibility index (Phi) is 3.09. The zero-order valence-electron chi connectivity index (χ0n) is 9.51. The van der Waals surface area contributed by atoms with E-state index in [0.29, 0.717) is 11.3 Å². The Balaban J connectivity index is 2.28. The first-order valence-corrected chi connectivity index (χ1v) is 5.12. The van der Waals surface area contributed by atoms with E-state index in [1.165, 1.54) is 30.8 Å². The van der Waals surface area contributed by atoms with Crippen molar-refractivity contribution in [3.63, 3.8) is 0 Å². The molecule has 2 aromatic heterocycles.